The zero-order chi connectivity index (χ0) is 17.0. The van der Waals surface area contributed by atoms with Gasteiger partial charge < -0.3 is 14.7 Å². The second-order valence-corrected chi connectivity index (χ2v) is 7.11. The van der Waals surface area contributed by atoms with Gasteiger partial charge in [-0.05, 0) is 39.5 Å². The Hall–Kier alpha value is -1.59. The van der Waals surface area contributed by atoms with Gasteiger partial charge in [-0.3, -0.25) is 14.4 Å². The molecule has 1 atom stereocenters. The maximum absolute atomic E-state index is 13.0. The van der Waals surface area contributed by atoms with Crippen LogP contribution in [0, 0.1) is 5.41 Å². The van der Waals surface area contributed by atoms with Crippen LogP contribution in [-0.4, -0.2) is 71.7 Å². The highest BCUT2D eigenvalue weighted by molar-refractivity contribution is 6.04. The van der Waals surface area contributed by atoms with Gasteiger partial charge >= 0.3 is 0 Å². The van der Waals surface area contributed by atoms with Crippen molar-refractivity contribution in [1.29, 1.82) is 0 Å². The second-order valence-electron chi connectivity index (χ2n) is 7.11. The Morgan fingerprint density at radius 1 is 1.04 bits per heavy atom. The predicted molar refractivity (Wildman–Crippen MR) is 87.6 cm³/mol. The fourth-order valence-electron chi connectivity index (χ4n) is 3.57. The number of nitrogens with zero attached hydrogens (tertiary/aromatic N) is 3. The van der Waals surface area contributed by atoms with Crippen molar-refractivity contribution >= 4 is 18.2 Å². The first-order valence-corrected chi connectivity index (χ1v) is 8.71. The summed E-state index contributed by atoms with van der Waals surface area (Å²) in [6.45, 7) is 8.44. The lowest BCUT2D eigenvalue weighted by molar-refractivity contribution is -0.157. The van der Waals surface area contributed by atoms with Crippen LogP contribution >= 0.6 is 0 Å². The van der Waals surface area contributed by atoms with Crippen molar-refractivity contribution in [2.24, 2.45) is 5.41 Å². The van der Waals surface area contributed by atoms with E-state index in [1.165, 1.54) is 0 Å². The van der Waals surface area contributed by atoms with E-state index >= 15 is 0 Å². The summed E-state index contributed by atoms with van der Waals surface area (Å²) < 4.78 is 0. The molecule has 0 bridgehead atoms. The summed E-state index contributed by atoms with van der Waals surface area (Å²) in [7, 11) is 0. The van der Waals surface area contributed by atoms with Crippen LogP contribution in [0.15, 0.2) is 0 Å². The SMILES string of the molecule is CCC1CCCCN1C(=O)C(C)(C)C(=O)N1CCN(C=O)CC1. The minimum absolute atomic E-state index is 0.0492. The monoisotopic (exact) mass is 323 g/mol. The summed E-state index contributed by atoms with van der Waals surface area (Å²) in [5.74, 6) is -0.166. The van der Waals surface area contributed by atoms with E-state index in [2.05, 4.69) is 6.92 Å². The topological polar surface area (TPSA) is 60.9 Å². The zero-order valence-electron chi connectivity index (χ0n) is 14.6. The number of piperazine rings is 1. The Morgan fingerprint density at radius 2 is 1.70 bits per heavy atom. The molecule has 1 unspecified atom stereocenters. The van der Waals surface area contributed by atoms with Crippen LogP contribution in [0.5, 0.6) is 0 Å². The molecule has 0 saturated carbocycles. The highest BCUT2D eigenvalue weighted by atomic mass is 16.2. The molecule has 2 fully saturated rings. The standard InChI is InChI=1S/C17H29N3O3/c1-4-14-7-5-6-8-20(14)16(23)17(2,3)15(22)19-11-9-18(13-21)10-12-19/h13-14H,4-12H2,1-3H3. The molecule has 0 N–H and O–H groups in total. The van der Waals surface area contributed by atoms with E-state index < -0.39 is 5.41 Å². The Bertz CT molecular complexity index is 456. The molecule has 0 radical (unpaired) electrons. The molecular formula is C17H29N3O3. The molecule has 2 aliphatic heterocycles. The van der Waals surface area contributed by atoms with Crippen LogP contribution < -0.4 is 0 Å². The lowest BCUT2D eigenvalue weighted by Gasteiger charge is -2.42. The lowest BCUT2D eigenvalue weighted by atomic mass is 9.87. The number of rotatable bonds is 4. The van der Waals surface area contributed by atoms with Gasteiger partial charge in [-0.2, -0.15) is 0 Å². The van der Waals surface area contributed by atoms with Crippen LogP contribution in [0.1, 0.15) is 46.5 Å². The van der Waals surface area contributed by atoms with Crippen molar-refractivity contribution in [2.45, 2.75) is 52.5 Å². The van der Waals surface area contributed by atoms with E-state index in [1.807, 2.05) is 4.90 Å². The summed E-state index contributed by atoms with van der Waals surface area (Å²) >= 11 is 0. The summed E-state index contributed by atoms with van der Waals surface area (Å²) in [5, 5.41) is 0. The smallest absolute Gasteiger partial charge is 0.237 e. The molecule has 0 aromatic heterocycles. The zero-order valence-corrected chi connectivity index (χ0v) is 14.6. The van der Waals surface area contributed by atoms with Crippen molar-refractivity contribution in [1.82, 2.24) is 14.7 Å². The minimum atomic E-state index is -1.03. The van der Waals surface area contributed by atoms with Crippen molar-refractivity contribution in [3.63, 3.8) is 0 Å². The van der Waals surface area contributed by atoms with Crippen LogP contribution in [-0.2, 0) is 14.4 Å². The third-order valence-electron chi connectivity index (χ3n) is 5.18. The summed E-state index contributed by atoms with van der Waals surface area (Å²) in [4.78, 5) is 42.0. The average Bonchev–Trinajstić information content (AvgIpc) is 2.60. The van der Waals surface area contributed by atoms with E-state index in [0.717, 1.165) is 38.6 Å². The fraction of sp³-hybridized carbons (Fsp3) is 0.824. The third kappa shape index (κ3) is 3.67. The van der Waals surface area contributed by atoms with Gasteiger partial charge in [-0.15, -0.1) is 0 Å². The number of carbonyl (C=O) groups excluding carboxylic acids is 3. The van der Waals surface area contributed by atoms with E-state index in [9.17, 15) is 14.4 Å². The normalized spacial score (nSPS) is 22.9. The molecule has 23 heavy (non-hydrogen) atoms. The van der Waals surface area contributed by atoms with Crippen LogP contribution in [0.25, 0.3) is 0 Å². The van der Waals surface area contributed by atoms with Crippen molar-refractivity contribution < 1.29 is 14.4 Å². The van der Waals surface area contributed by atoms with E-state index in [-0.39, 0.29) is 17.9 Å². The molecule has 130 valence electrons. The van der Waals surface area contributed by atoms with Gasteiger partial charge in [-0.1, -0.05) is 6.92 Å². The lowest BCUT2D eigenvalue weighted by Crippen LogP contribution is -2.57. The van der Waals surface area contributed by atoms with E-state index in [1.54, 1.807) is 23.6 Å². The van der Waals surface area contributed by atoms with Gasteiger partial charge in [0.15, 0.2) is 0 Å². The Balaban J connectivity index is 2.05. The molecule has 6 nitrogen and oxygen atoms in total. The van der Waals surface area contributed by atoms with Gasteiger partial charge in [0.25, 0.3) is 0 Å². The Kier molecular flexibility index (Phi) is 5.65. The third-order valence-corrected chi connectivity index (χ3v) is 5.18. The number of likely N-dealkylation sites (tertiary alicyclic amines) is 1. The van der Waals surface area contributed by atoms with Crippen LogP contribution in [0.4, 0.5) is 0 Å². The molecule has 2 aliphatic rings. The number of amides is 3. The molecular weight excluding hydrogens is 294 g/mol. The van der Waals surface area contributed by atoms with Gasteiger partial charge in [0.1, 0.15) is 5.41 Å². The highest BCUT2D eigenvalue weighted by Gasteiger charge is 2.44. The Morgan fingerprint density at radius 3 is 2.26 bits per heavy atom. The van der Waals surface area contributed by atoms with E-state index in [0.29, 0.717) is 26.2 Å². The number of carbonyl (C=O) groups is 3. The molecule has 2 saturated heterocycles. The Labute approximate surface area is 138 Å². The highest BCUT2D eigenvalue weighted by Crippen LogP contribution is 2.28. The quantitative estimate of drug-likeness (QED) is 0.575. The van der Waals surface area contributed by atoms with Crippen molar-refractivity contribution in [3.8, 4) is 0 Å². The first kappa shape index (κ1) is 17.8. The molecule has 0 aromatic carbocycles. The van der Waals surface area contributed by atoms with Gasteiger partial charge in [-0.25, -0.2) is 0 Å². The number of piperidine rings is 1. The average molecular weight is 323 g/mol. The first-order chi connectivity index (χ1) is 10.9. The van der Waals surface area contributed by atoms with E-state index in [4.69, 9.17) is 0 Å². The minimum Gasteiger partial charge on any atom is -0.342 e. The molecule has 0 spiro atoms. The molecule has 0 aliphatic carbocycles. The molecule has 2 heterocycles. The van der Waals surface area contributed by atoms with Crippen molar-refractivity contribution in [2.75, 3.05) is 32.7 Å². The summed E-state index contributed by atoms with van der Waals surface area (Å²) in [6, 6.07) is 0.259. The predicted octanol–water partition coefficient (Wildman–Crippen LogP) is 1.10. The maximum Gasteiger partial charge on any atom is 0.237 e. The van der Waals surface area contributed by atoms with Crippen LogP contribution in [0.2, 0.25) is 0 Å². The number of hydrogen-bond donors (Lipinski definition) is 0. The van der Waals surface area contributed by atoms with Gasteiger partial charge in [0.05, 0.1) is 0 Å². The first-order valence-electron chi connectivity index (χ1n) is 8.71. The molecule has 3 amide bonds. The maximum atomic E-state index is 13.0. The number of hydrogen-bond acceptors (Lipinski definition) is 3. The molecule has 6 heteroatoms. The molecule has 0 aromatic rings. The largest absolute Gasteiger partial charge is 0.342 e. The fourth-order valence-corrected chi connectivity index (χ4v) is 3.57. The van der Waals surface area contributed by atoms with Crippen LogP contribution in [0.3, 0.4) is 0 Å². The molecule has 2 rings (SSSR count). The summed E-state index contributed by atoms with van der Waals surface area (Å²) in [5.41, 5.74) is -1.03. The summed E-state index contributed by atoms with van der Waals surface area (Å²) in [6.07, 6.45) is 4.96. The second kappa shape index (κ2) is 7.32. The van der Waals surface area contributed by atoms with Gasteiger partial charge in [0.2, 0.25) is 18.2 Å². The van der Waals surface area contributed by atoms with Crippen molar-refractivity contribution in [3.05, 3.63) is 0 Å². The van der Waals surface area contributed by atoms with Gasteiger partial charge in [0, 0.05) is 38.8 Å².